The summed E-state index contributed by atoms with van der Waals surface area (Å²) in [5, 5.41) is 0. The maximum Gasteiger partial charge on any atom is 0.254 e. The number of benzene rings is 1. The van der Waals surface area contributed by atoms with E-state index in [0.717, 1.165) is 5.56 Å². The Morgan fingerprint density at radius 3 is 2.52 bits per heavy atom. The van der Waals surface area contributed by atoms with Crippen molar-refractivity contribution in [1.82, 2.24) is 9.47 Å². The van der Waals surface area contributed by atoms with Gasteiger partial charge in [0, 0.05) is 38.0 Å². The van der Waals surface area contributed by atoms with Gasteiger partial charge in [-0.2, -0.15) is 0 Å². The molecule has 5 nitrogen and oxygen atoms in total. The van der Waals surface area contributed by atoms with Crippen LogP contribution in [0.2, 0.25) is 0 Å². The van der Waals surface area contributed by atoms with Gasteiger partial charge in [0.15, 0.2) is 0 Å². The van der Waals surface area contributed by atoms with Crippen molar-refractivity contribution in [3.8, 4) is 0 Å². The molecule has 0 bridgehead atoms. The van der Waals surface area contributed by atoms with Crippen molar-refractivity contribution in [2.45, 2.75) is 33.0 Å². The highest BCUT2D eigenvalue weighted by molar-refractivity contribution is 5.94. The van der Waals surface area contributed by atoms with Gasteiger partial charge in [0.2, 0.25) is 0 Å². The second-order valence-electron chi connectivity index (χ2n) is 5.90. The molecule has 134 valence electrons. The van der Waals surface area contributed by atoms with Crippen LogP contribution in [-0.2, 0) is 17.8 Å². The van der Waals surface area contributed by atoms with E-state index in [-0.39, 0.29) is 23.3 Å². The summed E-state index contributed by atoms with van der Waals surface area (Å²) in [5.74, 6) is -0.580. The standard InChI is InChI=1S/C19H23FN2O3/c1-4-21-10-9-16(11-18(21)23)19(24)22(14(2)13-25-3)12-15-5-7-17(20)8-6-15/h5-11,14H,4,12-13H2,1-3H3/t14-/m1/s1. The Bertz CT molecular complexity index is 771. The van der Waals surface area contributed by atoms with Gasteiger partial charge < -0.3 is 14.2 Å². The number of hydrogen-bond donors (Lipinski definition) is 0. The number of aryl methyl sites for hydroxylation is 1. The maximum absolute atomic E-state index is 13.1. The van der Waals surface area contributed by atoms with Crippen LogP contribution in [0.3, 0.4) is 0 Å². The number of carbonyl (C=O) groups excluding carboxylic acids is 1. The monoisotopic (exact) mass is 346 g/mol. The first kappa shape index (κ1) is 18.9. The van der Waals surface area contributed by atoms with Crippen molar-refractivity contribution >= 4 is 5.91 Å². The summed E-state index contributed by atoms with van der Waals surface area (Å²) in [6, 6.07) is 8.81. The number of pyridine rings is 1. The summed E-state index contributed by atoms with van der Waals surface area (Å²) < 4.78 is 19.8. The minimum absolute atomic E-state index is 0.198. The summed E-state index contributed by atoms with van der Waals surface area (Å²) in [4.78, 5) is 26.6. The average Bonchev–Trinajstić information content (AvgIpc) is 2.60. The molecule has 0 aliphatic carbocycles. The largest absolute Gasteiger partial charge is 0.383 e. The Kier molecular flexibility index (Phi) is 6.47. The van der Waals surface area contributed by atoms with Crippen LogP contribution in [-0.4, -0.2) is 35.1 Å². The lowest BCUT2D eigenvalue weighted by Crippen LogP contribution is -2.41. The van der Waals surface area contributed by atoms with Gasteiger partial charge in [0.1, 0.15) is 5.82 Å². The van der Waals surface area contributed by atoms with Crippen molar-refractivity contribution in [3.63, 3.8) is 0 Å². The molecule has 0 radical (unpaired) electrons. The molecule has 0 aliphatic rings. The zero-order chi connectivity index (χ0) is 18.4. The molecule has 0 N–H and O–H groups in total. The Morgan fingerprint density at radius 2 is 1.96 bits per heavy atom. The van der Waals surface area contributed by atoms with Crippen LogP contribution >= 0.6 is 0 Å². The van der Waals surface area contributed by atoms with E-state index in [4.69, 9.17) is 4.74 Å². The molecule has 0 fully saturated rings. The third-order valence-corrected chi connectivity index (χ3v) is 4.05. The first-order valence-electron chi connectivity index (χ1n) is 8.21. The molecular formula is C19H23FN2O3. The van der Waals surface area contributed by atoms with E-state index in [1.54, 1.807) is 36.4 Å². The summed E-state index contributed by atoms with van der Waals surface area (Å²) >= 11 is 0. The van der Waals surface area contributed by atoms with E-state index in [2.05, 4.69) is 0 Å². The topological polar surface area (TPSA) is 51.5 Å². The van der Waals surface area contributed by atoms with Crippen LogP contribution in [0.5, 0.6) is 0 Å². The SMILES string of the molecule is CCn1ccc(C(=O)N(Cc2ccc(F)cc2)[C@H](C)COC)cc1=O. The Hall–Kier alpha value is -2.47. The van der Waals surface area contributed by atoms with E-state index in [9.17, 15) is 14.0 Å². The molecule has 2 rings (SSSR count). The highest BCUT2D eigenvalue weighted by Gasteiger charge is 2.22. The van der Waals surface area contributed by atoms with Gasteiger partial charge in [-0.15, -0.1) is 0 Å². The van der Waals surface area contributed by atoms with Crippen molar-refractivity contribution in [2.75, 3.05) is 13.7 Å². The number of ether oxygens (including phenoxy) is 1. The first-order chi connectivity index (χ1) is 12.0. The fourth-order valence-electron chi connectivity index (χ4n) is 2.61. The molecule has 1 atom stereocenters. The Balaban J connectivity index is 2.30. The first-order valence-corrected chi connectivity index (χ1v) is 8.21. The summed E-state index contributed by atoms with van der Waals surface area (Å²) in [7, 11) is 1.57. The lowest BCUT2D eigenvalue weighted by atomic mass is 10.1. The zero-order valence-corrected chi connectivity index (χ0v) is 14.7. The molecule has 0 spiro atoms. The summed E-state index contributed by atoms with van der Waals surface area (Å²) in [5.41, 5.74) is 0.925. The van der Waals surface area contributed by atoms with Crippen LogP contribution in [0.4, 0.5) is 4.39 Å². The number of aromatic nitrogens is 1. The number of amides is 1. The van der Waals surface area contributed by atoms with E-state index in [1.165, 1.54) is 22.8 Å². The third-order valence-electron chi connectivity index (χ3n) is 4.05. The van der Waals surface area contributed by atoms with Crippen molar-refractivity contribution < 1.29 is 13.9 Å². The predicted octanol–water partition coefficient (Wildman–Crippen LogP) is 2.68. The molecular weight excluding hydrogens is 323 g/mol. The van der Waals surface area contributed by atoms with E-state index < -0.39 is 0 Å². The van der Waals surface area contributed by atoms with Crippen LogP contribution in [0.25, 0.3) is 0 Å². The van der Waals surface area contributed by atoms with E-state index >= 15 is 0 Å². The average molecular weight is 346 g/mol. The lowest BCUT2D eigenvalue weighted by Gasteiger charge is -2.29. The number of halogens is 1. The van der Waals surface area contributed by atoms with Gasteiger partial charge in [-0.3, -0.25) is 9.59 Å². The number of methoxy groups -OCH3 is 1. The molecule has 0 aliphatic heterocycles. The fraction of sp³-hybridized carbons (Fsp3) is 0.368. The van der Waals surface area contributed by atoms with Gasteiger partial charge in [-0.25, -0.2) is 4.39 Å². The molecule has 2 aromatic rings. The number of carbonyl (C=O) groups is 1. The number of nitrogens with zero attached hydrogens (tertiary/aromatic N) is 2. The minimum Gasteiger partial charge on any atom is -0.383 e. The number of rotatable bonds is 7. The van der Waals surface area contributed by atoms with Crippen molar-refractivity contribution in [1.29, 1.82) is 0 Å². The van der Waals surface area contributed by atoms with Crippen molar-refractivity contribution in [2.24, 2.45) is 0 Å². The van der Waals surface area contributed by atoms with Gasteiger partial charge in [-0.1, -0.05) is 12.1 Å². The quantitative estimate of drug-likeness (QED) is 0.774. The smallest absolute Gasteiger partial charge is 0.254 e. The Morgan fingerprint density at radius 1 is 1.28 bits per heavy atom. The fourth-order valence-corrected chi connectivity index (χ4v) is 2.61. The number of hydrogen-bond acceptors (Lipinski definition) is 3. The molecule has 6 heteroatoms. The summed E-state index contributed by atoms with van der Waals surface area (Å²) in [6.45, 7) is 4.95. The molecule has 0 saturated carbocycles. The molecule has 0 unspecified atom stereocenters. The van der Waals surface area contributed by atoms with Gasteiger partial charge in [-0.05, 0) is 37.6 Å². The highest BCUT2D eigenvalue weighted by Crippen LogP contribution is 2.14. The van der Waals surface area contributed by atoms with Gasteiger partial charge in [0.25, 0.3) is 11.5 Å². The third kappa shape index (κ3) is 4.76. The zero-order valence-electron chi connectivity index (χ0n) is 14.7. The van der Waals surface area contributed by atoms with E-state index in [1.807, 2.05) is 13.8 Å². The molecule has 1 aromatic heterocycles. The molecule has 1 aromatic carbocycles. The van der Waals surface area contributed by atoms with Crippen LogP contribution in [0, 0.1) is 5.82 Å². The Labute approximate surface area is 146 Å². The second kappa shape index (κ2) is 8.58. The second-order valence-corrected chi connectivity index (χ2v) is 5.90. The molecule has 0 saturated heterocycles. The van der Waals surface area contributed by atoms with E-state index in [0.29, 0.717) is 25.3 Å². The van der Waals surface area contributed by atoms with Gasteiger partial charge in [0.05, 0.1) is 12.6 Å². The predicted molar refractivity (Wildman–Crippen MR) is 94.0 cm³/mol. The van der Waals surface area contributed by atoms with Crippen molar-refractivity contribution in [3.05, 3.63) is 69.9 Å². The van der Waals surface area contributed by atoms with Crippen LogP contribution in [0.1, 0.15) is 29.8 Å². The van der Waals surface area contributed by atoms with Gasteiger partial charge >= 0.3 is 0 Å². The normalized spacial score (nSPS) is 12.0. The molecule has 1 amide bonds. The lowest BCUT2D eigenvalue weighted by molar-refractivity contribution is 0.0541. The van der Waals surface area contributed by atoms with Crippen LogP contribution in [0.15, 0.2) is 47.4 Å². The molecule has 25 heavy (non-hydrogen) atoms. The minimum atomic E-state index is -0.324. The summed E-state index contributed by atoms with van der Waals surface area (Å²) in [6.07, 6.45) is 1.62. The molecule has 1 heterocycles. The maximum atomic E-state index is 13.1. The van der Waals surface area contributed by atoms with Crippen LogP contribution < -0.4 is 5.56 Å². The highest BCUT2D eigenvalue weighted by atomic mass is 19.1.